The second-order valence-corrected chi connectivity index (χ2v) is 5.98. The molecular weight excluding hydrogens is 312 g/mol. The van der Waals surface area contributed by atoms with Crippen LogP contribution in [0.2, 0.25) is 0 Å². The number of nitrogens with zero attached hydrogens (tertiary/aromatic N) is 2. The Morgan fingerprint density at radius 1 is 1.04 bits per heavy atom. The highest BCUT2D eigenvalue weighted by Gasteiger charge is 2.13. The van der Waals surface area contributed by atoms with Crippen LogP contribution in [0, 0.1) is 13.8 Å². The minimum atomic E-state index is -0.0953. The first-order valence-electron chi connectivity index (χ1n) is 8.24. The number of aromatic nitrogens is 2. The lowest BCUT2D eigenvalue weighted by Gasteiger charge is -2.12. The summed E-state index contributed by atoms with van der Waals surface area (Å²) in [5.41, 5.74) is 5.66. The van der Waals surface area contributed by atoms with Gasteiger partial charge in [-0.1, -0.05) is 48.5 Å². The quantitative estimate of drug-likeness (QED) is 0.747. The third-order valence-electron chi connectivity index (χ3n) is 4.22. The monoisotopic (exact) mass is 334 g/mol. The van der Waals surface area contributed by atoms with E-state index >= 15 is 0 Å². The number of amides is 1. The normalized spacial score (nSPS) is 10.5. The van der Waals surface area contributed by atoms with E-state index in [1.807, 2.05) is 63.4 Å². The molecule has 2 aromatic carbocycles. The van der Waals surface area contributed by atoms with Crippen molar-refractivity contribution in [2.75, 3.05) is 17.2 Å². The van der Waals surface area contributed by atoms with Gasteiger partial charge in [-0.15, -0.1) is 0 Å². The van der Waals surface area contributed by atoms with Gasteiger partial charge < -0.3 is 10.6 Å². The number of hydrogen-bond acceptors (Lipinski definition) is 3. The molecule has 0 aliphatic carbocycles. The highest BCUT2D eigenvalue weighted by Crippen LogP contribution is 2.27. The fraction of sp³-hybridized carbons (Fsp3) is 0.200. The predicted molar refractivity (Wildman–Crippen MR) is 102 cm³/mol. The predicted octanol–water partition coefficient (Wildman–Crippen LogP) is 3.75. The van der Waals surface area contributed by atoms with Crippen LogP contribution in [0.3, 0.4) is 0 Å². The molecule has 0 saturated carbocycles. The van der Waals surface area contributed by atoms with E-state index in [4.69, 9.17) is 0 Å². The molecule has 0 unspecified atom stereocenters. The minimum absolute atomic E-state index is 0.0953. The third kappa shape index (κ3) is 3.71. The van der Waals surface area contributed by atoms with Gasteiger partial charge in [0.05, 0.1) is 23.6 Å². The van der Waals surface area contributed by atoms with Crippen molar-refractivity contribution in [3.05, 3.63) is 66.0 Å². The van der Waals surface area contributed by atoms with Gasteiger partial charge in [0.2, 0.25) is 5.91 Å². The Hall–Kier alpha value is -3.08. The second kappa shape index (κ2) is 7.21. The molecule has 0 atom stereocenters. The summed E-state index contributed by atoms with van der Waals surface area (Å²) in [5.74, 6) is -0.0953. The van der Waals surface area contributed by atoms with Crippen LogP contribution in [0.1, 0.15) is 11.4 Å². The summed E-state index contributed by atoms with van der Waals surface area (Å²) in [6.07, 6.45) is 0. The van der Waals surface area contributed by atoms with Crippen molar-refractivity contribution >= 4 is 17.3 Å². The number of nitrogens with one attached hydrogen (secondary N) is 2. The molecule has 3 rings (SSSR count). The molecule has 1 aromatic heterocycles. The molecule has 1 amide bonds. The van der Waals surface area contributed by atoms with Crippen molar-refractivity contribution < 1.29 is 4.79 Å². The van der Waals surface area contributed by atoms with Gasteiger partial charge in [-0.05, 0) is 25.5 Å². The second-order valence-electron chi connectivity index (χ2n) is 5.98. The number of aryl methyl sites for hydroxylation is 2. The van der Waals surface area contributed by atoms with E-state index in [1.54, 1.807) is 4.68 Å². The van der Waals surface area contributed by atoms with E-state index < -0.39 is 0 Å². The van der Waals surface area contributed by atoms with Crippen molar-refractivity contribution in [1.82, 2.24) is 9.78 Å². The first-order valence-corrected chi connectivity index (χ1v) is 8.24. The summed E-state index contributed by atoms with van der Waals surface area (Å²) in [4.78, 5) is 12.3. The summed E-state index contributed by atoms with van der Waals surface area (Å²) < 4.78 is 1.77. The van der Waals surface area contributed by atoms with Crippen LogP contribution in [0.4, 0.5) is 11.4 Å². The summed E-state index contributed by atoms with van der Waals surface area (Å²) in [7, 11) is 1.87. The third-order valence-corrected chi connectivity index (χ3v) is 4.22. The van der Waals surface area contributed by atoms with Crippen LogP contribution in [0.5, 0.6) is 0 Å². The molecule has 0 radical (unpaired) electrons. The smallest absolute Gasteiger partial charge is 0.243 e. The van der Waals surface area contributed by atoms with Crippen LogP contribution in [-0.4, -0.2) is 22.2 Å². The van der Waals surface area contributed by atoms with Crippen LogP contribution in [-0.2, 0) is 11.8 Å². The van der Waals surface area contributed by atoms with Crippen molar-refractivity contribution in [1.29, 1.82) is 0 Å². The standard InChI is InChI=1S/C20H22N4O/c1-14-20(15(2)24(3)23-14)22-19(25)13-21-18-12-8-7-11-17(18)16-9-5-4-6-10-16/h4-12,21H,13H2,1-3H3,(H,22,25). The molecule has 5 nitrogen and oxygen atoms in total. The Labute approximate surface area is 147 Å². The molecule has 0 aliphatic heterocycles. The van der Waals surface area contributed by atoms with Gasteiger partial charge in [0.15, 0.2) is 0 Å². The molecule has 0 spiro atoms. The van der Waals surface area contributed by atoms with Crippen LogP contribution in [0.15, 0.2) is 54.6 Å². The Morgan fingerprint density at radius 3 is 2.40 bits per heavy atom. The lowest BCUT2D eigenvalue weighted by molar-refractivity contribution is -0.114. The molecule has 128 valence electrons. The number of rotatable bonds is 5. The average molecular weight is 334 g/mol. The Balaban J connectivity index is 1.71. The summed E-state index contributed by atoms with van der Waals surface area (Å²) in [6, 6.07) is 18.1. The van der Waals surface area contributed by atoms with Crippen LogP contribution < -0.4 is 10.6 Å². The highest BCUT2D eigenvalue weighted by molar-refractivity contribution is 5.95. The van der Waals surface area contributed by atoms with E-state index in [-0.39, 0.29) is 12.5 Å². The number of benzene rings is 2. The maximum absolute atomic E-state index is 12.3. The number of anilines is 2. The van der Waals surface area contributed by atoms with Gasteiger partial charge in [0.25, 0.3) is 0 Å². The van der Waals surface area contributed by atoms with E-state index in [2.05, 4.69) is 27.9 Å². The molecule has 0 fully saturated rings. The van der Waals surface area contributed by atoms with Gasteiger partial charge in [-0.3, -0.25) is 9.48 Å². The van der Waals surface area contributed by atoms with E-state index in [0.717, 1.165) is 33.9 Å². The Kier molecular flexibility index (Phi) is 4.84. The summed E-state index contributed by atoms with van der Waals surface area (Å²) in [5, 5.41) is 10.5. The average Bonchev–Trinajstić information content (AvgIpc) is 2.87. The zero-order valence-electron chi connectivity index (χ0n) is 14.7. The van der Waals surface area contributed by atoms with Gasteiger partial charge in [-0.25, -0.2) is 0 Å². The molecule has 1 heterocycles. The lowest BCUT2D eigenvalue weighted by atomic mass is 10.0. The Bertz CT molecular complexity index is 884. The number of carbonyl (C=O) groups is 1. The Morgan fingerprint density at radius 2 is 1.72 bits per heavy atom. The summed E-state index contributed by atoms with van der Waals surface area (Å²) in [6.45, 7) is 4.02. The zero-order valence-corrected chi connectivity index (χ0v) is 14.7. The van der Waals surface area contributed by atoms with Gasteiger partial charge in [0.1, 0.15) is 0 Å². The van der Waals surface area contributed by atoms with Crippen LogP contribution >= 0.6 is 0 Å². The number of para-hydroxylation sites is 1. The topological polar surface area (TPSA) is 59.0 Å². The zero-order chi connectivity index (χ0) is 17.8. The maximum atomic E-state index is 12.3. The molecule has 5 heteroatoms. The molecule has 3 aromatic rings. The van der Waals surface area contributed by atoms with Gasteiger partial charge >= 0.3 is 0 Å². The number of hydrogen-bond donors (Lipinski definition) is 2. The van der Waals surface area contributed by atoms with E-state index in [1.165, 1.54) is 0 Å². The van der Waals surface area contributed by atoms with Crippen molar-refractivity contribution in [3.63, 3.8) is 0 Å². The number of carbonyl (C=O) groups excluding carboxylic acids is 1. The minimum Gasteiger partial charge on any atom is -0.376 e. The van der Waals surface area contributed by atoms with Gasteiger partial charge in [-0.2, -0.15) is 5.10 Å². The molecule has 0 saturated heterocycles. The first-order chi connectivity index (χ1) is 12.1. The fourth-order valence-corrected chi connectivity index (χ4v) is 2.82. The van der Waals surface area contributed by atoms with Crippen LogP contribution in [0.25, 0.3) is 11.1 Å². The van der Waals surface area contributed by atoms with Crippen molar-refractivity contribution in [3.8, 4) is 11.1 Å². The molecular formula is C20H22N4O. The SMILES string of the molecule is Cc1nn(C)c(C)c1NC(=O)CNc1ccccc1-c1ccccc1. The van der Waals surface area contributed by atoms with Crippen molar-refractivity contribution in [2.45, 2.75) is 13.8 Å². The fourth-order valence-electron chi connectivity index (χ4n) is 2.82. The lowest BCUT2D eigenvalue weighted by Crippen LogP contribution is -2.22. The molecule has 25 heavy (non-hydrogen) atoms. The van der Waals surface area contributed by atoms with E-state index in [9.17, 15) is 4.79 Å². The molecule has 0 bridgehead atoms. The highest BCUT2D eigenvalue weighted by atomic mass is 16.1. The first kappa shape index (κ1) is 16.8. The van der Waals surface area contributed by atoms with E-state index in [0.29, 0.717) is 0 Å². The molecule has 0 aliphatic rings. The molecule has 2 N–H and O–H groups in total. The maximum Gasteiger partial charge on any atom is 0.243 e. The van der Waals surface area contributed by atoms with Crippen molar-refractivity contribution in [2.24, 2.45) is 7.05 Å². The van der Waals surface area contributed by atoms with Gasteiger partial charge in [0, 0.05) is 18.3 Å². The largest absolute Gasteiger partial charge is 0.376 e. The summed E-state index contributed by atoms with van der Waals surface area (Å²) >= 11 is 0.